The van der Waals surface area contributed by atoms with Gasteiger partial charge in [0.1, 0.15) is 0 Å². The van der Waals surface area contributed by atoms with Gasteiger partial charge in [-0.1, -0.05) is 6.07 Å². The van der Waals surface area contributed by atoms with E-state index in [2.05, 4.69) is 10.2 Å². The zero-order valence-electron chi connectivity index (χ0n) is 11.5. The molecule has 0 aliphatic carbocycles. The summed E-state index contributed by atoms with van der Waals surface area (Å²) in [4.78, 5) is 14.9. The molecule has 3 rings (SSSR count). The second kappa shape index (κ2) is 6.15. The Balaban J connectivity index is 1.73. The van der Waals surface area contributed by atoms with Crippen molar-refractivity contribution in [3.63, 3.8) is 0 Å². The molecule has 1 fully saturated rings. The number of nitrogen functional groups attached to an aromatic ring is 1. The van der Waals surface area contributed by atoms with Gasteiger partial charge in [-0.3, -0.25) is 4.79 Å². The molecule has 2 heterocycles. The summed E-state index contributed by atoms with van der Waals surface area (Å²) in [6, 6.07) is 9.29. The molecule has 1 saturated heterocycles. The third-order valence-electron chi connectivity index (χ3n) is 3.38. The van der Waals surface area contributed by atoms with Crippen LogP contribution >= 0.6 is 11.3 Å². The highest BCUT2D eigenvalue weighted by molar-refractivity contribution is 7.12. The monoisotopic (exact) mass is 303 g/mol. The molecule has 110 valence electrons. The molecule has 2 aromatic rings. The van der Waals surface area contributed by atoms with Gasteiger partial charge in [-0.05, 0) is 29.6 Å². The highest BCUT2D eigenvalue weighted by Crippen LogP contribution is 2.27. The van der Waals surface area contributed by atoms with Crippen LogP contribution in [-0.4, -0.2) is 32.2 Å². The first kappa shape index (κ1) is 13.9. The van der Waals surface area contributed by atoms with Crippen molar-refractivity contribution in [1.29, 1.82) is 0 Å². The van der Waals surface area contributed by atoms with Crippen LogP contribution in [0.4, 0.5) is 17.1 Å². The molecule has 0 unspecified atom stereocenters. The number of morpholine rings is 1. The average Bonchev–Trinajstić information content (AvgIpc) is 3.02. The number of nitrogens with two attached hydrogens (primary N) is 1. The lowest BCUT2D eigenvalue weighted by Gasteiger charge is -2.30. The fourth-order valence-corrected chi connectivity index (χ4v) is 2.94. The largest absolute Gasteiger partial charge is 0.397 e. The number of anilines is 3. The summed E-state index contributed by atoms with van der Waals surface area (Å²) >= 11 is 1.41. The normalized spacial score (nSPS) is 15.0. The summed E-state index contributed by atoms with van der Waals surface area (Å²) in [6.07, 6.45) is 0. The van der Waals surface area contributed by atoms with Crippen LogP contribution in [0.25, 0.3) is 0 Å². The molecule has 1 aromatic heterocycles. The van der Waals surface area contributed by atoms with Gasteiger partial charge in [0.05, 0.1) is 29.5 Å². The highest BCUT2D eigenvalue weighted by Gasteiger charge is 2.14. The molecule has 1 aliphatic rings. The number of nitrogens with one attached hydrogen (secondary N) is 1. The number of hydrogen-bond donors (Lipinski definition) is 2. The van der Waals surface area contributed by atoms with Crippen molar-refractivity contribution >= 4 is 34.3 Å². The van der Waals surface area contributed by atoms with E-state index in [9.17, 15) is 4.79 Å². The van der Waals surface area contributed by atoms with E-state index in [0.29, 0.717) is 16.3 Å². The first-order valence-corrected chi connectivity index (χ1v) is 7.69. The minimum Gasteiger partial charge on any atom is -0.397 e. The summed E-state index contributed by atoms with van der Waals surface area (Å²) in [7, 11) is 0. The number of hydrogen-bond acceptors (Lipinski definition) is 5. The Kier molecular flexibility index (Phi) is 4.08. The van der Waals surface area contributed by atoms with E-state index in [0.717, 1.165) is 32.0 Å². The molecule has 0 saturated carbocycles. The molecular formula is C15H17N3O2S. The van der Waals surface area contributed by atoms with E-state index in [-0.39, 0.29) is 5.91 Å². The smallest absolute Gasteiger partial charge is 0.265 e. The highest BCUT2D eigenvalue weighted by atomic mass is 32.1. The van der Waals surface area contributed by atoms with Crippen molar-refractivity contribution in [3.8, 4) is 0 Å². The van der Waals surface area contributed by atoms with Gasteiger partial charge in [-0.2, -0.15) is 0 Å². The summed E-state index contributed by atoms with van der Waals surface area (Å²) in [5, 5.41) is 4.74. The minimum atomic E-state index is -0.108. The van der Waals surface area contributed by atoms with E-state index in [4.69, 9.17) is 10.5 Å². The second-order valence-electron chi connectivity index (χ2n) is 4.80. The number of amides is 1. The summed E-state index contributed by atoms with van der Waals surface area (Å²) in [5.74, 6) is -0.108. The molecule has 0 radical (unpaired) electrons. The minimum absolute atomic E-state index is 0.108. The van der Waals surface area contributed by atoms with E-state index in [1.807, 2.05) is 23.6 Å². The topological polar surface area (TPSA) is 67.6 Å². The van der Waals surface area contributed by atoms with Gasteiger partial charge in [-0.25, -0.2) is 0 Å². The second-order valence-corrected chi connectivity index (χ2v) is 5.75. The van der Waals surface area contributed by atoms with E-state index < -0.39 is 0 Å². The molecule has 3 N–H and O–H groups in total. The van der Waals surface area contributed by atoms with Gasteiger partial charge < -0.3 is 20.7 Å². The molecule has 1 aliphatic heterocycles. The Labute approximate surface area is 127 Å². The summed E-state index contributed by atoms with van der Waals surface area (Å²) < 4.78 is 5.34. The maximum atomic E-state index is 12.0. The van der Waals surface area contributed by atoms with Gasteiger partial charge in [0.25, 0.3) is 5.91 Å². The van der Waals surface area contributed by atoms with Gasteiger partial charge in [-0.15, -0.1) is 11.3 Å². The maximum Gasteiger partial charge on any atom is 0.265 e. The van der Waals surface area contributed by atoms with Crippen LogP contribution in [0.15, 0.2) is 35.7 Å². The third-order valence-corrected chi connectivity index (χ3v) is 4.25. The Morgan fingerprint density at radius 2 is 2.10 bits per heavy atom. The molecule has 1 aromatic carbocycles. The van der Waals surface area contributed by atoms with Crippen LogP contribution in [-0.2, 0) is 4.74 Å². The molecule has 0 spiro atoms. The number of nitrogens with zero attached hydrogens (tertiary/aromatic N) is 1. The number of thiophene rings is 1. The first-order chi connectivity index (χ1) is 10.2. The summed E-state index contributed by atoms with van der Waals surface area (Å²) in [5.41, 5.74) is 8.49. The van der Waals surface area contributed by atoms with Gasteiger partial charge in [0, 0.05) is 18.8 Å². The van der Waals surface area contributed by atoms with Crippen LogP contribution in [0, 0.1) is 0 Å². The van der Waals surface area contributed by atoms with E-state index in [1.54, 1.807) is 12.1 Å². The molecule has 21 heavy (non-hydrogen) atoms. The van der Waals surface area contributed by atoms with E-state index >= 15 is 0 Å². The van der Waals surface area contributed by atoms with Gasteiger partial charge in [0.15, 0.2) is 0 Å². The zero-order chi connectivity index (χ0) is 14.7. The number of benzene rings is 1. The Morgan fingerprint density at radius 3 is 2.76 bits per heavy atom. The van der Waals surface area contributed by atoms with Crippen molar-refractivity contribution in [2.45, 2.75) is 0 Å². The molecule has 5 nitrogen and oxygen atoms in total. The van der Waals surface area contributed by atoms with Crippen LogP contribution in [0.2, 0.25) is 0 Å². The number of rotatable bonds is 3. The fraction of sp³-hybridized carbons (Fsp3) is 0.267. The molecule has 6 heteroatoms. The van der Waals surface area contributed by atoms with E-state index in [1.165, 1.54) is 11.3 Å². The SMILES string of the molecule is Nc1cc(NC(=O)c2cccs2)ccc1N1CCOCC1. The lowest BCUT2D eigenvalue weighted by Crippen LogP contribution is -2.36. The fourth-order valence-electron chi connectivity index (χ4n) is 2.32. The Morgan fingerprint density at radius 1 is 1.29 bits per heavy atom. The lowest BCUT2D eigenvalue weighted by molar-refractivity contribution is 0.103. The molecule has 0 atom stereocenters. The van der Waals surface area contributed by atoms with Crippen LogP contribution in [0.3, 0.4) is 0 Å². The lowest BCUT2D eigenvalue weighted by atomic mass is 10.2. The third kappa shape index (κ3) is 3.17. The summed E-state index contributed by atoms with van der Waals surface area (Å²) in [6.45, 7) is 3.11. The maximum absolute atomic E-state index is 12.0. The quantitative estimate of drug-likeness (QED) is 0.855. The standard InChI is InChI=1S/C15H17N3O2S/c16-12-10-11(17-15(19)14-2-1-9-21-14)3-4-13(12)18-5-7-20-8-6-18/h1-4,9-10H,5-8,16H2,(H,17,19). The van der Waals surface area contributed by atoms with Crippen LogP contribution in [0.5, 0.6) is 0 Å². The number of ether oxygens (including phenoxy) is 1. The zero-order valence-corrected chi connectivity index (χ0v) is 12.4. The predicted molar refractivity (Wildman–Crippen MR) is 86.2 cm³/mol. The van der Waals surface area contributed by atoms with Crippen molar-refractivity contribution in [2.24, 2.45) is 0 Å². The van der Waals surface area contributed by atoms with Crippen molar-refractivity contribution in [3.05, 3.63) is 40.6 Å². The first-order valence-electron chi connectivity index (χ1n) is 6.81. The Bertz CT molecular complexity index is 622. The van der Waals surface area contributed by atoms with Crippen molar-refractivity contribution < 1.29 is 9.53 Å². The average molecular weight is 303 g/mol. The van der Waals surface area contributed by atoms with Gasteiger partial charge >= 0.3 is 0 Å². The van der Waals surface area contributed by atoms with Crippen molar-refractivity contribution in [2.75, 3.05) is 42.3 Å². The number of carbonyl (C=O) groups is 1. The molecular weight excluding hydrogens is 286 g/mol. The van der Waals surface area contributed by atoms with Crippen molar-refractivity contribution in [1.82, 2.24) is 0 Å². The predicted octanol–water partition coefficient (Wildman–Crippen LogP) is 2.42. The van der Waals surface area contributed by atoms with Gasteiger partial charge in [0.2, 0.25) is 0 Å². The number of carbonyl (C=O) groups excluding carboxylic acids is 1. The van der Waals surface area contributed by atoms with Crippen LogP contribution < -0.4 is 16.0 Å². The Hall–Kier alpha value is -2.05. The molecule has 0 bridgehead atoms. The molecule has 1 amide bonds. The van der Waals surface area contributed by atoms with Crippen LogP contribution in [0.1, 0.15) is 9.67 Å².